The smallest absolute Gasteiger partial charge is 0.445 e. The van der Waals surface area contributed by atoms with Crippen molar-refractivity contribution in [3.8, 4) is 0 Å². The Labute approximate surface area is 93.9 Å². The zero-order chi connectivity index (χ0) is 12.3. The highest BCUT2D eigenvalue weighted by molar-refractivity contribution is 6.66. The van der Waals surface area contributed by atoms with Gasteiger partial charge in [0, 0.05) is 6.61 Å². The van der Waals surface area contributed by atoms with Gasteiger partial charge in [-0.3, -0.25) is 0 Å². The fourth-order valence-electron chi connectivity index (χ4n) is 1.80. The monoisotopic (exact) mass is 237 g/mol. The second kappa shape index (κ2) is 5.23. The molecular formula is C10H17BF3O2-. The zero-order valence-corrected chi connectivity index (χ0v) is 9.59. The molecule has 2 atom stereocenters. The fourth-order valence-corrected chi connectivity index (χ4v) is 1.80. The number of rotatable bonds is 4. The molecule has 0 radical (unpaired) electrons. The van der Waals surface area contributed by atoms with E-state index in [1.165, 1.54) is 0 Å². The van der Waals surface area contributed by atoms with Crippen LogP contribution in [0.1, 0.15) is 26.7 Å². The van der Waals surface area contributed by atoms with E-state index in [0.29, 0.717) is 12.8 Å². The minimum Gasteiger partial charge on any atom is -0.445 e. The zero-order valence-electron chi connectivity index (χ0n) is 9.59. The van der Waals surface area contributed by atoms with Crippen molar-refractivity contribution >= 4 is 6.98 Å². The fraction of sp³-hybridized carbons (Fsp3) is 0.800. The normalized spacial score (nSPS) is 31.4. The first-order valence-electron chi connectivity index (χ1n) is 5.43. The largest absolute Gasteiger partial charge is 0.507 e. The van der Waals surface area contributed by atoms with Crippen LogP contribution in [0.3, 0.4) is 0 Å². The van der Waals surface area contributed by atoms with E-state index < -0.39 is 19.1 Å². The lowest BCUT2D eigenvalue weighted by atomic mass is 9.81. The van der Waals surface area contributed by atoms with E-state index in [1.807, 2.05) is 13.8 Å². The first-order chi connectivity index (χ1) is 7.29. The summed E-state index contributed by atoms with van der Waals surface area (Å²) in [5.41, 5.74) is -0.771. The summed E-state index contributed by atoms with van der Waals surface area (Å²) >= 11 is 0. The van der Waals surface area contributed by atoms with Crippen LogP contribution in [-0.4, -0.2) is 31.9 Å². The molecule has 0 N–H and O–H groups in total. The van der Waals surface area contributed by atoms with Crippen molar-refractivity contribution in [2.24, 2.45) is 0 Å². The van der Waals surface area contributed by atoms with Crippen molar-refractivity contribution in [3.63, 3.8) is 0 Å². The lowest BCUT2D eigenvalue weighted by Gasteiger charge is -2.32. The van der Waals surface area contributed by atoms with Crippen LogP contribution in [0.5, 0.6) is 0 Å². The maximum Gasteiger partial charge on any atom is 0.507 e. The summed E-state index contributed by atoms with van der Waals surface area (Å²) in [4.78, 5) is 0. The topological polar surface area (TPSA) is 18.5 Å². The number of hydrogen-bond acceptors (Lipinski definition) is 2. The predicted molar refractivity (Wildman–Crippen MR) is 57.2 cm³/mol. The Morgan fingerprint density at radius 3 is 2.25 bits per heavy atom. The van der Waals surface area contributed by atoms with Crippen LogP contribution >= 0.6 is 0 Å². The molecule has 1 aliphatic heterocycles. The Hall–Kier alpha value is -0.485. The molecule has 6 heteroatoms. The van der Waals surface area contributed by atoms with Gasteiger partial charge in [-0.25, -0.2) is 0 Å². The van der Waals surface area contributed by atoms with E-state index in [9.17, 15) is 12.9 Å². The second-order valence-corrected chi connectivity index (χ2v) is 4.39. The SMILES string of the molecule is C=C(COC1CC(C)OC(C)C1)[B-](F)(F)F. The van der Waals surface area contributed by atoms with Crippen LogP contribution in [0.15, 0.2) is 12.1 Å². The van der Waals surface area contributed by atoms with Gasteiger partial charge in [-0.05, 0) is 26.7 Å². The van der Waals surface area contributed by atoms with E-state index in [2.05, 4.69) is 6.58 Å². The van der Waals surface area contributed by atoms with E-state index in [0.717, 1.165) is 0 Å². The highest BCUT2D eigenvalue weighted by Crippen LogP contribution is 2.24. The van der Waals surface area contributed by atoms with Crippen LogP contribution in [-0.2, 0) is 9.47 Å². The third-order valence-corrected chi connectivity index (χ3v) is 2.62. The summed E-state index contributed by atoms with van der Waals surface area (Å²) in [5.74, 6) is 0. The minimum atomic E-state index is -4.98. The van der Waals surface area contributed by atoms with Crippen molar-refractivity contribution in [2.45, 2.75) is 45.0 Å². The molecule has 1 fully saturated rings. The molecule has 94 valence electrons. The summed E-state index contributed by atoms with van der Waals surface area (Å²) < 4.78 is 47.3. The van der Waals surface area contributed by atoms with Crippen molar-refractivity contribution in [2.75, 3.05) is 6.61 Å². The lowest BCUT2D eigenvalue weighted by molar-refractivity contribution is -0.0974. The average Bonchev–Trinajstić information content (AvgIpc) is 2.11. The molecule has 1 saturated heterocycles. The summed E-state index contributed by atoms with van der Waals surface area (Å²) in [6, 6.07) is 0. The van der Waals surface area contributed by atoms with Crippen molar-refractivity contribution < 1.29 is 22.4 Å². The van der Waals surface area contributed by atoms with Crippen molar-refractivity contribution in [3.05, 3.63) is 12.1 Å². The molecule has 0 saturated carbocycles. The van der Waals surface area contributed by atoms with Gasteiger partial charge in [0.1, 0.15) is 0 Å². The van der Waals surface area contributed by atoms with Gasteiger partial charge >= 0.3 is 6.98 Å². The standard InChI is InChI=1S/C10H17BF3O2/c1-7(11(12,13)14)6-15-10-4-8(2)16-9(3)5-10/h8-10H,1,4-6H2,2-3H3/q-1. The Bertz CT molecular complexity index is 245. The number of hydrogen-bond donors (Lipinski definition) is 0. The van der Waals surface area contributed by atoms with Gasteiger partial charge in [-0.2, -0.15) is 0 Å². The molecule has 0 aromatic heterocycles. The molecule has 2 nitrogen and oxygen atoms in total. The summed E-state index contributed by atoms with van der Waals surface area (Å²) in [5, 5.41) is 0. The van der Waals surface area contributed by atoms with Crippen LogP contribution in [0.4, 0.5) is 12.9 Å². The molecule has 0 aromatic rings. The molecule has 0 spiro atoms. The molecule has 0 aromatic carbocycles. The van der Waals surface area contributed by atoms with E-state index in [-0.39, 0.29) is 18.3 Å². The van der Waals surface area contributed by atoms with Crippen molar-refractivity contribution in [1.29, 1.82) is 0 Å². The van der Waals surface area contributed by atoms with E-state index in [4.69, 9.17) is 9.47 Å². The van der Waals surface area contributed by atoms with Gasteiger partial charge in [-0.1, -0.05) is 0 Å². The second-order valence-electron chi connectivity index (χ2n) is 4.39. The Kier molecular flexibility index (Phi) is 4.44. The third-order valence-electron chi connectivity index (χ3n) is 2.62. The van der Waals surface area contributed by atoms with Gasteiger partial charge in [-0.15, -0.1) is 12.1 Å². The summed E-state index contributed by atoms with van der Waals surface area (Å²) in [7, 11) is 0. The Morgan fingerprint density at radius 2 is 1.81 bits per heavy atom. The van der Waals surface area contributed by atoms with Crippen LogP contribution in [0.2, 0.25) is 0 Å². The average molecular weight is 237 g/mol. The third kappa shape index (κ3) is 4.18. The van der Waals surface area contributed by atoms with Gasteiger partial charge < -0.3 is 22.4 Å². The molecule has 1 aliphatic rings. The first-order valence-corrected chi connectivity index (χ1v) is 5.43. The van der Waals surface area contributed by atoms with E-state index >= 15 is 0 Å². The Balaban J connectivity index is 2.35. The molecule has 16 heavy (non-hydrogen) atoms. The highest BCUT2D eigenvalue weighted by Gasteiger charge is 2.29. The number of ether oxygens (including phenoxy) is 2. The lowest BCUT2D eigenvalue weighted by Crippen LogP contribution is -2.35. The maximum absolute atomic E-state index is 12.2. The molecular weight excluding hydrogens is 220 g/mol. The summed E-state index contributed by atoms with van der Waals surface area (Å²) in [6.07, 6.45) is 1.20. The van der Waals surface area contributed by atoms with Gasteiger partial charge in [0.05, 0.1) is 18.3 Å². The van der Waals surface area contributed by atoms with Crippen LogP contribution < -0.4 is 0 Å². The highest BCUT2D eigenvalue weighted by atomic mass is 19.4. The number of halogens is 3. The molecule has 1 heterocycles. The molecule has 2 unspecified atom stereocenters. The van der Waals surface area contributed by atoms with Gasteiger partial charge in [0.2, 0.25) is 0 Å². The predicted octanol–water partition coefficient (Wildman–Crippen LogP) is 2.90. The molecule has 0 bridgehead atoms. The van der Waals surface area contributed by atoms with Crippen LogP contribution in [0.25, 0.3) is 0 Å². The quantitative estimate of drug-likeness (QED) is 0.700. The minimum absolute atomic E-state index is 0.0402. The van der Waals surface area contributed by atoms with E-state index in [1.54, 1.807) is 0 Å². The van der Waals surface area contributed by atoms with Gasteiger partial charge in [0.25, 0.3) is 0 Å². The molecule has 1 rings (SSSR count). The summed E-state index contributed by atoms with van der Waals surface area (Å²) in [6.45, 7) is 1.39. The molecule has 0 amide bonds. The van der Waals surface area contributed by atoms with Crippen LogP contribution in [0, 0.1) is 0 Å². The van der Waals surface area contributed by atoms with Crippen molar-refractivity contribution in [1.82, 2.24) is 0 Å². The maximum atomic E-state index is 12.2. The first kappa shape index (κ1) is 13.6. The molecule has 0 aliphatic carbocycles. The van der Waals surface area contributed by atoms with Gasteiger partial charge in [0.15, 0.2) is 0 Å². The Morgan fingerprint density at radius 1 is 1.31 bits per heavy atom.